The van der Waals surface area contributed by atoms with Crippen molar-refractivity contribution in [2.24, 2.45) is 0 Å². The summed E-state index contributed by atoms with van der Waals surface area (Å²) in [7, 11) is 0. The monoisotopic (exact) mass is 252 g/mol. The lowest BCUT2D eigenvalue weighted by molar-refractivity contribution is 0.108. The fourth-order valence-corrected chi connectivity index (χ4v) is 1.78. The zero-order valence-corrected chi connectivity index (χ0v) is 9.34. The van der Waals surface area contributed by atoms with Crippen LogP contribution in [-0.4, -0.2) is 5.24 Å². The van der Waals surface area contributed by atoms with Gasteiger partial charge in [-0.25, -0.2) is 8.78 Å². The van der Waals surface area contributed by atoms with E-state index in [1.54, 1.807) is 0 Å². The first-order valence-electron chi connectivity index (χ1n) is 4.84. The second kappa shape index (κ2) is 4.63. The number of carbonyl (C=O) groups is 1. The fraction of sp³-hybridized carbons (Fsp3) is 0. The van der Waals surface area contributed by atoms with E-state index in [0.29, 0.717) is 0 Å². The van der Waals surface area contributed by atoms with Crippen LogP contribution in [0, 0.1) is 11.6 Å². The van der Waals surface area contributed by atoms with Crippen molar-refractivity contribution < 1.29 is 13.6 Å². The van der Waals surface area contributed by atoms with Gasteiger partial charge in [-0.3, -0.25) is 4.79 Å². The molecule has 0 saturated heterocycles. The second-order valence-electron chi connectivity index (χ2n) is 3.45. The van der Waals surface area contributed by atoms with E-state index in [2.05, 4.69) is 0 Å². The van der Waals surface area contributed by atoms with E-state index in [0.717, 1.165) is 6.07 Å². The summed E-state index contributed by atoms with van der Waals surface area (Å²) in [5.41, 5.74) is 0.330. The molecule has 2 aromatic rings. The van der Waals surface area contributed by atoms with Crippen LogP contribution in [0.15, 0.2) is 42.5 Å². The first-order chi connectivity index (χ1) is 8.09. The first-order valence-corrected chi connectivity index (χ1v) is 5.21. The van der Waals surface area contributed by atoms with Crippen molar-refractivity contribution in [3.63, 3.8) is 0 Å². The average molecular weight is 253 g/mol. The van der Waals surface area contributed by atoms with Gasteiger partial charge in [-0.1, -0.05) is 18.2 Å². The van der Waals surface area contributed by atoms with Gasteiger partial charge < -0.3 is 0 Å². The van der Waals surface area contributed by atoms with E-state index in [1.807, 2.05) is 0 Å². The third kappa shape index (κ3) is 2.34. The van der Waals surface area contributed by atoms with Crippen molar-refractivity contribution >= 4 is 16.8 Å². The number of hydrogen-bond acceptors (Lipinski definition) is 1. The summed E-state index contributed by atoms with van der Waals surface area (Å²) in [5, 5.41) is -0.774. The summed E-state index contributed by atoms with van der Waals surface area (Å²) < 4.78 is 26.8. The molecule has 0 aromatic heterocycles. The SMILES string of the molecule is O=C(Cl)c1cccc(F)c1-c1cccc(F)c1. The lowest BCUT2D eigenvalue weighted by Gasteiger charge is -2.07. The van der Waals surface area contributed by atoms with Crippen molar-refractivity contribution in [3.8, 4) is 11.1 Å². The Bertz CT molecular complexity index is 581. The van der Waals surface area contributed by atoms with Crippen molar-refractivity contribution in [1.82, 2.24) is 0 Å². The molecule has 0 atom stereocenters. The fourth-order valence-electron chi connectivity index (χ4n) is 1.63. The predicted octanol–water partition coefficient (Wildman–Crippen LogP) is 4.01. The molecule has 0 fully saturated rings. The molecule has 2 aromatic carbocycles. The largest absolute Gasteiger partial charge is 0.276 e. The highest BCUT2D eigenvalue weighted by Gasteiger charge is 2.15. The highest BCUT2D eigenvalue weighted by Crippen LogP contribution is 2.28. The molecule has 0 N–H and O–H groups in total. The van der Waals surface area contributed by atoms with Gasteiger partial charge in [0.1, 0.15) is 11.6 Å². The number of benzene rings is 2. The van der Waals surface area contributed by atoms with Gasteiger partial charge in [-0.05, 0) is 41.4 Å². The Morgan fingerprint density at radius 3 is 2.41 bits per heavy atom. The minimum Gasteiger partial charge on any atom is -0.276 e. The molecule has 0 aliphatic heterocycles. The number of rotatable bonds is 2. The number of carbonyl (C=O) groups excluding carboxylic acids is 1. The minimum absolute atomic E-state index is 0.0204. The predicted molar refractivity (Wildman–Crippen MR) is 62.0 cm³/mol. The molecule has 17 heavy (non-hydrogen) atoms. The van der Waals surface area contributed by atoms with Crippen LogP contribution in [0.5, 0.6) is 0 Å². The topological polar surface area (TPSA) is 17.1 Å². The van der Waals surface area contributed by atoms with Gasteiger partial charge in [0.05, 0.1) is 0 Å². The molecule has 0 aliphatic carbocycles. The van der Waals surface area contributed by atoms with Crippen LogP contribution in [0.1, 0.15) is 10.4 Å². The quantitative estimate of drug-likeness (QED) is 0.738. The van der Waals surface area contributed by atoms with Gasteiger partial charge in [0.2, 0.25) is 0 Å². The van der Waals surface area contributed by atoms with E-state index >= 15 is 0 Å². The second-order valence-corrected chi connectivity index (χ2v) is 3.79. The summed E-state index contributed by atoms with van der Waals surface area (Å²) in [6.45, 7) is 0. The molecule has 0 bridgehead atoms. The van der Waals surface area contributed by atoms with Gasteiger partial charge in [0.25, 0.3) is 5.24 Å². The zero-order chi connectivity index (χ0) is 12.4. The Morgan fingerprint density at radius 2 is 1.76 bits per heavy atom. The van der Waals surface area contributed by atoms with Crippen LogP contribution in [0.4, 0.5) is 8.78 Å². The van der Waals surface area contributed by atoms with Crippen LogP contribution >= 0.6 is 11.6 Å². The molecule has 1 nitrogen and oxygen atoms in total. The Labute approximate surface area is 102 Å². The van der Waals surface area contributed by atoms with E-state index in [4.69, 9.17) is 11.6 Å². The van der Waals surface area contributed by atoms with E-state index in [-0.39, 0.29) is 16.7 Å². The van der Waals surface area contributed by atoms with E-state index in [9.17, 15) is 13.6 Å². The average Bonchev–Trinajstić information content (AvgIpc) is 2.28. The molecule has 0 aliphatic rings. The van der Waals surface area contributed by atoms with Crippen molar-refractivity contribution in [3.05, 3.63) is 59.7 Å². The van der Waals surface area contributed by atoms with Gasteiger partial charge in [-0.15, -0.1) is 0 Å². The summed E-state index contributed by atoms with van der Waals surface area (Å²) in [6, 6.07) is 9.34. The summed E-state index contributed by atoms with van der Waals surface area (Å²) in [5.74, 6) is -1.11. The van der Waals surface area contributed by atoms with Gasteiger partial charge >= 0.3 is 0 Å². The summed E-state index contributed by atoms with van der Waals surface area (Å²) >= 11 is 5.37. The highest BCUT2D eigenvalue weighted by atomic mass is 35.5. The Kier molecular flexibility index (Phi) is 3.20. The molecule has 2 rings (SSSR count). The smallest absolute Gasteiger partial charge is 0.253 e. The lowest BCUT2D eigenvalue weighted by Crippen LogP contribution is -1.97. The maximum absolute atomic E-state index is 13.7. The van der Waals surface area contributed by atoms with Crippen molar-refractivity contribution in [2.75, 3.05) is 0 Å². The lowest BCUT2D eigenvalue weighted by atomic mass is 9.99. The van der Waals surface area contributed by atoms with Crippen LogP contribution in [0.25, 0.3) is 11.1 Å². The maximum Gasteiger partial charge on any atom is 0.253 e. The van der Waals surface area contributed by atoms with Gasteiger partial charge in [-0.2, -0.15) is 0 Å². The Hall–Kier alpha value is -1.74. The standard InChI is InChI=1S/C13H7ClF2O/c14-13(17)10-5-2-6-11(16)12(10)8-3-1-4-9(15)7-8/h1-7H. The molecular formula is C13H7ClF2O. The van der Waals surface area contributed by atoms with Crippen molar-refractivity contribution in [1.29, 1.82) is 0 Å². The molecule has 0 spiro atoms. The van der Waals surface area contributed by atoms with Gasteiger partial charge in [0, 0.05) is 11.1 Å². The third-order valence-corrected chi connectivity index (χ3v) is 2.54. The van der Waals surface area contributed by atoms with Crippen LogP contribution in [0.3, 0.4) is 0 Å². The van der Waals surface area contributed by atoms with Crippen LogP contribution in [-0.2, 0) is 0 Å². The molecule has 0 unspecified atom stereocenters. The summed E-state index contributed by atoms with van der Waals surface area (Å²) in [6.07, 6.45) is 0. The summed E-state index contributed by atoms with van der Waals surface area (Å²) in [4.78, 5) is 11.2. The molecule has 0 heterocycles. The minimum atomic E-state index is -0.774. The van der Waals surface area contributed by atoms with Gasteiger partial charge in [0.15, 0.2) is 0 Å². The van der Waals surface area contributed by atoms with E-state index in [1.165, 1.54) is 36.4 Å². The first kappa shape index (κ1) is 11.7. The number of halogens is 3. The zero-order valence-electron chi connectivity index (χ0n) is 8.58. The molecular weight excluding hydrogens is 246 g/mol. The van der Waals surface area contributed by atoms with Crippen LogP contribution < -0.4 is 0 Å². The normalized spacial score (nSPS) is 10.3. The molecule has 0 radical (unpaired) electrons. The maximum atomic E-state index is 13.7. The van der Waals surface area contributed by atoms with E-state index < -0.39 is 16.9 Å². The molecule has 0 amide bonds. The highest BCUT2D eigenvalue weighted by molar-refractivity contribution is 6.68. The third-order valence-electron chi connectivity index (χ3n) is 2.34. The Morgan fingerprint density at radius 1 is 1.06 bits per heavy atom. The molecule has 4 heteroatoms. The number of hydrogen-bond donors (Lipinski definition) is 0. The molecule has 0 saturated carbocycles. The molecule has 86 valence electrons. The Balaban J connectivity index is 2.70. The van der Waals surface area contributed by atoms with Crippen LogP contribution in [0.2, 0.25) is 0 Å². The van der Waals surface area contributed by atoms with Crippen molar-refractivity contribution in [2.45, 2.75) is 0 Å².